The Balaban J connectivity index is 1.54. The molecule has 0 bridgehead atoms. The number of nitrogens with one attached hydrogen (secondary N) is 1. The molecule has 0 spiro atoms. The van der Waals surface area contributed by atoms with Crippen molar-refractivity contribution in [2.24, 2.45) is 0 Å². The average Bonchev–Trinajstić information content (AvgIpc) is 3.12. The molecule has 4 rings (SSSR count). The van der Waals surface area contributed by atoms with Crippen LogP contribution in [-0.4, -0.2) is 55.6 Å². The van der Waals surface area contributed by atoms with E-state index in [1.165, 1.54) is 19.3 Å². The molecule has 2 saturated heterocycles. The lowest BCUT2D eigenvalue weighted by Crippen LogP contribution is -2.47. The SMILES string of the molecule is Cc1cc(C)n2nc(C(=O)N[C@H]3CCN4CCCC[C@@H]34)nc2n1. The zero-order valence-corrected chi connectivity index (χ0v) is 13.6. The molecule has 2 fully saturated rings. The Morgan fingerprint density at radius 3 is 2.96 bits per heavy atom. The van der Waals surface area contributed by atoms with Gasteiger partial charge in [-0.15, -0.1) is 5.10 Å². The molecule has 7 heteroatoms. The molecule has 4 heterocycles. The van der Waals surface area contributed by atoms with Crippen molar-refractivity contribution in [3.8, 4) is 0 Å². The van der Waals surface area contributed by atoms with Crippen molar-refractivity contribution in [3.63, 3.8) is 0 Å². The highest BCUT2D eigenvalue weighted by Gasteiger charge is 2.36. The van der Waals surface area contributed by atoms with Gasteiger partial charge in [0.25, 0.3) is 11.7 Å². The minimum atomic E-state index is -0.190. The first kappa shape index (κ1) is 14.6. The van der Waals surface area contributed by atoms with E-state index < -0.39 is 0 Å². The highest BCUT2D eigenvalue weighted by Crippen LogP contribution is 2.27. The highest BCUT2D eigenvalue weighted by molar-refractivity contribution is 5.91. The van der Waals surface area contributed by atoms with Crippen molar-refractivity contribution >= 4 is 11.7 Å². The Morgan fingerprint density at radius 2 is 2.09 bits per heavy atom. The maximum atomic E-state index is 12.5. The Labute approximate surface area is 135 Å². The van der Waals surface area contributed by atoms with Gasteiger partial charge in [0.1, 0.15) is 0 Å². The molecule has 0 unspecified atom stereocenters. The first-order valence-corrected chi connectivity index (χ1v) is 8.38. The third kappa shape index (κ3) is 2.59. The topological polar surface area (TPSA) is 75.4 Å². The summed E-state index contributed by atoms with van der Waals surface area (Å²) in [5.41, 5.74) is 1.81. The molecular weight excluding hydrogens is 292 g/mol. The average molecular weight is 314 g/mol. The molecule has 1 N–H and O–H groups in total. The molecule has 0 saturated carbocycles. The molecule has 7 nitrogen and oxygen atoms in total. The smallest absolute Gasteiger partial charge is 0.291 e. The lowest BCUT2D eigenvalue weighted by Gasteiger charge is -2.32. The van der Waals surface area contributed by atoms with Gasteiger partial charge >= 0.3 is 0 Å². The van der Waals surface area contributed by atoms with E-state index in [0.29, 0.717) is 11.8 Å². The van der Waals surface area contributed by atoms with E-state index in [2.05, 4.69) is 25.3 Å². The number of piperidine rings is 1. The summed E-state index contributed by atoms with van der Waals surface area (Å²) in [6.45, 7) is 6.09. The molecule has 0 aromatic carbocycles. The first-order chi connectivity index (χ1) is 11.1. The predicted molar refractivity (Wildman–Crippen MR) is 85.3 cm³/mol. The van der Waals surface area contributed by atoms with Crippen LogP contribution in [-0.2, 0) is 0 Å². The predicted octanol–water partition coefficient (Wildman–Crippen LogP) is 1.10. The van der Waals surface area contributed by atoms with Crippen LogP contribution in [0.25, 0.3) is 5.78 Å². The number of nitrogens with zero attached hydrogens (tertiary/aromatic N) is 5. The van der Waals surface area contributed by atoms with E-state index in [0.717, 1.165) is 30.9 Å². The van der Waals surface area contributed by atoms with Gasteiger partial charge in [-0.3, -0.25) is 9.69 Å². The number of carbonyl (C=O) groups excluding carboxylic acids is 1. The first-order valence-electron chi connectivity index (χ1n) is 8.38. The number of hydrogen-bond donors (Lipinski definition) is 1. The summed E-state index contributed by atoms with van der Waals surface area (Å²) in [6.07, 6.45) is 4.71. The summed E-state index contributed by atoms with van der Waals surface area (Å²) in [7, 11) is 0. The van der Waals surface area contributed by atoms with E-state index in [9.17, 15) is 4.79 Å². The largest absolute Gasteiger partial charge is 0.345 e. The monoisotopic (exact) mass is 314 g/mol. The van der Waals surface area contributed by atoms with Crippen LogP contribution in [0.2, 0.25) is 0 Å². The minimum Gasteiger partial charge on any atom is -0.345 e. The van der Waals surface area contributed by atoms with Gasteiger partial charge in [0.15, 0.2) is 0 Å². The number of fused-ring (bicyclic) bond motifs is 2. The van der Waals surface area contributed by atoms with Crippen LogP contribution >= 0.6 is 0 Å². The van der Waals surface area contributed by atoms with Gasteiger partial charge in [-0.2, -0.15) is 4.98 Å². The van der Waals surface area contributed by atoms with Gasteiger partial charge in [-0.05, 0) is 45.7 Å². The number of aryl methyl sites for hydroxylation is 2. The second-order valence-corrected chi connectivity index (χ2v) is 6.65. The van der Waals surface area contributed by atoms with E-state index in [1.54, 1.807) is 4.52 Å². The van der Waals surface area contributed by atoms with Crippen molar-refractivity contribution in [3.05, 3.63) is 23.3 Å². The van der Waals surface area contributed by atoms with Crippen molar-refractivity contribution in [2.45, 2.75) is 51.6 Å². The molecular formula is C16H22N6O. The molecule has 2 aromatic rings. The van der Waals surface area contributed by atoms with E-state index in [-0.39, 0.29) is 17.8 Å². The number of rotatable bonds is 2. The van der Waals surface area contributed by atoms with Crippen molar-refractivity contribution in [1.82, 2.24) is 29.8 Å². The third-order valence-electron chi connectivity index (χ3n) is 4.99. The third-order valence-corrected chi connectivity index (χ3v) is 4.99. The number of hydrogen-bond acceptors (Lipinski definition) is 5. The molecule has 2 aromatic heterocycles. The lowest BCUT2D eigenvalue weighted by atomic mass is 9.99. The van der Waals surface area contributed by atoms with Gasteiger partial charge in [0, 0.05) is 30.0 Å². The van der Waals surface area contributed by atoms with Crippen LogP contribution in [0.1, 0.15) is 47.7 Å². The summed E-state index contributed by atoms with van der Waals surface area (Å²) in [5, 5.41) is 7.46. The Bertz CT molecular complexity index is 754. The van der Waals surface area contributed by atoms with Gasteiger partial charge in [-0.25, -0.2) is 9.50 Å². The molecule has 1 amide bonds. The van der Waals surface area contributed by atoms with Crippen LogP contribution in [0.4, 0.5) is 0 Å². The minimum absolute atomic E-state index is 0.190. The van der Waals surface area contributed by atoms with Crippen LogP contribution in [0, 0.1) is 13.8 Å². The Morgan fingerprint density at radius 1 is 1.22 bits per heavy atom. The molecule has 0 aliphatic carbocycles. The van der Waals surface area contributed by atoms with E-state index in [1.807, 2.05) is 19.9 Å². The Kier molecular flexibility index (Phi) is 3.52. The van der Waals surface area contributed by atoms with Crippen LogP contribution < -0.4 is 5.32 Å². The second-order valence-electron chi connectivity index (χ2n) is 6.65. The van der Waals surface area contributed by atoms with Gasteiger partial charge < -0.3 is 5.32 Å². The zero-order chi connectivity index (χ0) is 16.0. The summed E-state index contributed by atoms with van der Waals surface area (Å²) >= 11 is 0. The Hall–Kier alpha value is -2.02. The summed E-state index contributed by atoms with van der Waals surface area (Å²) in [4.78, 5) is 23.7. The highest BCUT2D eigenvalue weighted by atomic mass is 16.2. The number of aromatic nitrogens is 4. The number of amides is 1. The van der Waals surface area contributed by atoms with Gasteiger partial charge in [-0.1, -0.05) is 6.42 Å². The lowest BCUT2D eigenvalue weighted by molar-refractivity contribution is 0.0905. The van der Waals surface area contributed by atoms with Crippen molar-refractivity contribution in [2.75, 3.05) is 13.1 Å². The van der Waals surface area contributed by atoms with Gasteiger partial charge in [0.2, 0.25) is 5.82 Å². The fraction of sp³-hybridized carbons (Fsp3) is 0.625. The van der Waals surface area contributed by atoms with Crippen molar-refractivity contribution in [1.29, 1.82) is 0 Å². The second kappa shape index (κ2) is 5.56. The molecule has 23 heavy (non-hydrogen) atoms. The fourth-order valence-corrected chi connectivity index (χ4v) is 3.91. The van der Waals surface area contributed by atoms with Crippen LogP contribution in [0.3, 0.4) is 0 Å². The van der Waals surface area contributed by atoms with Crippen LogP contribution in [0.15, 0.2) is 6.07 Å². The molecule has 0 radical (unpaired) electrons. The van der Waals surface area contributed by atoms with E-state index >= 15 is 0 Å². The van der Waals surface area contributed by atoms with Gasteiger partial charge in [0.05, 0.1) is 0 Å². The maximum Gasteiger partial charge on any atom is 0.291 e. The quantitative estimate of drug-likeness (QED) is 0.898. The zero-order valence-electron chi connectivity index (χ0n) is 13.6. The molecule has 2 atom stereocenters. The molecule has 122 valence electrons. The number of carbonyl (C=O) groups is 1. The maximum absolute atomic E-state index is 12.5. The normalized spacial score (nSPS) is 24.8. The molecule has 2 aliphatic rings. The standard InChI is InChI=1S/C16H22N6O/c1-10-9-11(2)22-16(17-10)19-14(20-22)15(23)18-12-6-8-21-7-4-3-5-13(12)21/h9,12-13H,3-8H2,1-2H3,(H,18,23)/t12-,13-/m0/s1. The van der Waals surface area contributed by atoms with Crippen LogP contribution in [0.5, 0.6) is 0 Å². The fourth-order valence-electron chi connectivity index (χ4n) is 3.91. The summed E-state index contributed by atoms with van der Waals surface area (Å²) in [5.74, 6) is 0.504. The summed E-state index contributed by atoms with van der Waals surface area (Å²) in [6, 6.07) is 2.62. The molecule has 2 aliphatic heterocycles. The van der Waals surface area contributed by atoms with Crippen molar-refractivity contribution < 1.29 is 4.79 Å². The summed E-state index contributed by atoms with van der Waals surface area (Å²) < 4.78 is 1.63. The van der Waals surface area contributed by atoms with E-state index in [4.69, 9.17) is 0 Å².